The molecule has 0 radical (unpaired) electrons. The van der Waals surface area contributed by atoms with Crippen LogP contribution in [0.5, 0.6) is 0 Å². The Morgan fingerprint density at radius 3 is 2.84 bits per heavy atom. The first-order chi connectivity index (χ1) is 12.2. The lowest BCUT2D eigenvalue weighted by Gasteiger charge is -2.08. The zero-order valence-corrected chi connectivity index (χ0v) is 13.6. The third-order valence-corrected chi connectivity index (χ3v) is 3.79. The van der Waals surface area contributed by atoms with Crippen LogP contribution in [0, 0.1) is 6.92 Å². The van der Waals surface area contributed by atoms with Crippen molar-refractivity contribution in [2.24, 2.45) is 0 Å². The number of carbonyl (C=O) groups excluding carboxylic acids is 1. The van der Waals surface area contributed by atoms with Crippen LogP contribution in [-0.2, 0) is 6.54 Å². The van der Waals surface area contributed by atoms with Gasteiger partial charge in [-0.25, -0.2) is 14.6 Å². The second-order valence-corrected chi connectivity index (χ2v) is 5.72. The summed E-state index contributed by atoms with van der Waals surface area (Å²) in [5.74, 6) is 0.831. The zero-order valence-electron chi connectivity index (χ0n) is 13.6. The van der Waals surface area contributed by atoms with Gasteiger partial charge in [-0.3, -0.25) is 9.20 Å². The van der Waals surface area contributed by atoms with Gasteiger partial charge in [-0.2, -0.15) is 5.10 Å². The van der Waals surface area contributed by atoms with Crippen LogP contribution < -0.4 is 5.32 Å². The summed E-state index contributed by atoms with van der Waals surface area (Å²) in [5.41, 5.74) is 2.25. The van der Waals surface area contributed by atoms with Crippen LogP contribution in [0.3, 0.4) is 0 Å². The molecule has 4 rings (SSSR count). The molecule has 3 heterocycles. The van der Waals surface area contributed by atoms with Gasteiger partial charge in [0.2, 0.25) is 5.78 Å². The van der Waals surface area contributed by atoms with E-state index in [0.717, 1.165) is 11.3 Å². The van der Waals surface area contributed by atoms with Gasteiger partial charge in [-0.15, -0.1) is 0 Å². The summed E-state index contributed by atoms with van der Waals surface area (Å²) < 4.78 is 3.48. The highest BCUT2D eigenvalue weighted by Crippen LogP contribution is 2.14. The number of amides is 1. The predicted molar refractivity (Wildman–Crippen MR) is 93.4 cm³/mol. The van der Waals surface area contributed by atoms with Crippen molar-refractivity contribution in [3.05, 3.63) is 78.0 Å². The molecule has 0 saturated carbocycles. The molecule has 0 fully saturated rings. The molecule has 1 aromatic carbocycles. The summed E-state index contributed by atoms with van der Waals surface area (Å²) in [6.07, 6.45) is 5.10. The molecule has 124 valence electrons. The number of imidazole rings is 1. The summed E-state index contributed by atoms with van der Waals surface area (Å²) >= 11 is 0. The molecular formula is C18H16N6O. The Hall–Kier alpha value is -3.48. The Balaban J connectivity index is 1.58. The predicted octanol–water partition coefficient (Wildman–Crippen LogP) is 2.53. The number of hydrogen-bond donors (Lipinski definition) is 1. The maximum atomic E-state index is 12.5. The molecule has 1 N–H and O–H groups in total. The van der Waals surface area contributed by atoms with E-state index in [-0.39, 0.29) is 5.91 Å². The molecule has 0 atom stereocenters. The third kappa shape index (κ3) is 3.12. The molecule has 7 heteroatoms. The third-order valence-electron chi connectivity index (χ3n) is 3.79. The van der Waals surface area contributed by atoms with Crippen LogP contribution in [0.15, 0.2) is 61.1 Å². The molecule has 0 saturated heterocycles. The molecule has 4 aromatic rings. The van der Waals surface area contributed by atoms with Gasteiger partial charge in [0.1, 0.15) is 11.5 Å². The van der Waals surface area contributed by atoms with Crippen molar-refractivity contribution in [2.45, 2.75) is 13.5 Å². The average molecular weight is 332 g/mol. The SMILES string of the molecule is Cc1cc(NC(=O)c2cn3cccnc3n2)n(Cc2ccccc2)n1. The maximum absolute atomic E-state index is 12.5. The van der Waals surface area contributed by atoms with Gasteiger partial charge < -0.3 is 5.32 Å². The lowest BCUT2D eigenvalue weighted by atomic mass is 10.2. The van der Waals surface area contributed by atoms with Crippen LogP contribution in [0.4, 0.5) is 5.82 Å². The van der Waals surface area contributed by atoms with Gasteiger partial charge in [-0.05, 0) is 18.6 Å². The molecule has 0 aliphatic carbocycles. The lowest BCUT2D eigenvalue weighted by Crippen LogP contribution is -2.16. The van der Waals surface area contributed by atoms with E-state index in [4.69, 9.17) is 0 Å². The standard InChI is InChI=1S/C18H16N6O/c1-13-10-16(24(22-13)11-14-6-3-2-4-7-14)21-17(25)15-12-23-9-5-8-19-18(23)20-15/h2-10,12H,11H2,1H3,(H,21,25). The van der Waals surface area contributed by atoms with E-state index in [1.165, 1.54) is 0 Å². The first kappa shape index (κ1) is 15.1. The summed E-state index contributed by atoms with van der Waals surface area (Å²) in [5, 5.41) is 7.35. The molecular weight excluding hydrogens is 316 g/mol. The Labute approximate surface area is 144 Å². The number of benzene rings is 1. The van der Waals surface area contributed by atoms with Crippen molar-refractivity contribution in [1.29, 1.82) is 0 Å². The normalized spacial score (nSPS) is 10.9. The molecule has 0 spiro atoms. The van der Waals surface area contributed by atoms with Crippen molar-refractivity contribution in [2.75, 3.05) is 5.32 Å². The smallest absolute Gasteiger partial charge is 0.277 e. The number of carbonyl (C=O) groups is 1. The fourth-order valence-electron chi connectivity index (χ4n) is 2.64. The highest BCUT2D eigenvalue weighted by molar-refractivity contribution is 6.02. The Morgan fingerprint density at radius 1 is 1.20 bits per heavy atom. The van der Waals surface area contributed by atoms with Crippen LogP contribution in [-0.4, -0.2) is 30.1 Å². The molecule has 0 unspecified atom stereocenters. The number of aryl methyl sites for hydroxylation is 1. The van der Waals surface area contributed by atoms with Crippen LogP contribution >= 0.6 is 0 Å². The summed E-state index contributed by atoms with van der Waals surface area (Å²) in [6, 6.07) is 13.6. The van der Waals surface area contributed by atoms with Gasteiger partial charge in [0, 0.05) is 24.7 Å². The van der Waals surface area contributed by atoms with Gasteiger partial charge in [-0.1, -0.05) is 30.3 Å². The number of anilines is 1. The van der Waals surface area contributed by atoms with E-state index < -0.39 is 0 Å². The second kappa shape index (κ2) is 6.20. The minimum atomic E-state index is -0.292. The largest absolute Gasteiger partial charge is 0.305 e. The molecule has 3 aromatic heterocycles. The van der Waals surface area contributed by atoms with Crippen LogP contribution in [0.1, 0.15) is 21.7 Å². The minimum Gasteiger partial charge on any atom is -0.305 e. The number of fused-ring (bicyclic) bond motifs is 1. The van der Waals surface area contributed by atoms with E-state index in [0.29, 0.717) is 23.8 Å². The molecule has 25 heavy (non-hydrogen) atoms. The van der Waals surface area contributed by atoms with E-state index in [2.05, 4.69) is 20.4 Å². The Morgan fingerprint density at radius 2 is 2.04 bits per heavy atom. The topological polar surface area (TPSA) is 77.1 Å². The minimum absolute atomic E-state index is 0.292. The first-order valence-corrected chi connectivity index (χ1v) is 7.88. The quantitative estimate of drug-likeness (QED) is 0.623. The fourth-order valence-corrected chi connectivity index (χ4v) is 2.64. The molecule has 0 bridgehead atoms. The van der Waals surface area contributed by atoms with Gasteiger partial charge in [0.05, 0.1) is 12.2 Å². The molecule has 7 nitrogen and oxygen atoms in total. The number of hydrogen-bond acceptors (Lipinski definition) is 4. The highest BCUT2D eigenvalue weighted by atomic mass is 16.2. The van der Waals surface area contributed by atoms with E-state index >= 15 is 0 Å². The maximum Gasteiger partial charge on any atom is 0.277 e. The number of nitrogens with zero attached hydrogens (tertiary/aromatic N) is 5. The second-order valence-electron chi connectivity index (χ2n) is 5.72. The first-order valence-electron chi connectivity index (χ1n) is 7.88. The van der Waals surface area contributed by atoms with Crippen molar-refractivity contribution in [3.8, 4) is 0 Å². The highest BCUT2D eigenvalue weighted by Gasteiger charge is 2.15. The Bertz CT molecular complexity index is 1000. The summed E-state index contributed by atoms with van der Waals surface area (Å²) in [4.78, 5) is 20.9. The lowest BCUT2D eigenvalue weighted by molar-refractivity contribution is 0.102. The number of rotatable bonds is 4. The number of nitrogens with one attached hydrogen (secondary N) is 1. The number of aromatic nitrogens is 5. The summed E-state index contributed by atoms with van der Waals surface area (Å²) in [7, 11) is 0. The van der Waals surface area contributed by atoms with Crippen molar-refractivity contribution >= 4 is 17.5 Å². The van der Waals surface area contributed by atoms with E-state index in [9.17, 15) is 4.79 Å². The Kier molecular flexibility index (Phi) is 3.74. The molecule has 0 aliphatic rings. The van der Waals surface area contributed by atoms with E-state index in [1.54, 1.807) is 33.7 Å². The van der Waals surface area contributed by atoms with Crippen LogP contribution in [0.2, 0.25) is 0 Å². The van der Waals surface area contributed by atoms with E-state index in [1.807, 2.05) is 43.3 Å². The van der Waals surface area contributed by atoms with Crippen LogP contribution in [0.25, 0.3) is 5.78 Å². The van der Waals surface area contributed by atoms with Crippen molar-refractivity contribution < 1.29 is 4.79 Å². The zero-order chi connectivity index (χ0) is 17.2. The summed E-state index contributed by atoms with van der Waals surface area (Å²) in [6.45, 7) is 2.48. The van der Waals surface area contributed by atoms with Gasteiger partial charge in [0.25, 0.3) is 5.91 Å². The van der Waals surface area contributed by atoms with Gasteiger partial charge >= 0.3 is 0 Å². The van der Waals surface area contributed by atoms with Crippen molar-refractivity contribution in [1.82, 2.24) is 24.1 Å². The molecule has 0 aliphatic heterocycles. The molecule has 1 amide bonds. The van der Waals surface area contributed by atoms with Crippen molar-refractivity contribution in [3.63, 3.8) is 0 Å². The fraction of sp³-hybridized carbons (Fsp3) is 0.111. The van der Waals surface area contributed by atoms with Gasteiger partial charge in [0.15, 0.2) is 0 Å². The monoisotopic (exact) mass is 332 g/mol. The average Bonchev–Trinajstić information content (AvgIpc) is 3.19.